The van der Waals surface area contributed by atoms with E-state index in [1.54, 1.807) is 13.0 Å². The van der Waals surface area contributed by atoms with Crippen molar-refractivity contribution in [2.75, 3.05) is 11.1 Å². The lowest BCUT2D eigenvalue weighted by molar-refractivity contribution is -0.111. The average Bonchev–Trinajstić information content (AvgIpc) is 2.30. The van der Waals surface area contributed by atoms with E-state index in [1.165, 1.54) is 6.08 Å². The van der Waals surface area contributed by atoms with E-state index in [1.807, 2.05) is 24.3 Å². The fourth-order valence-corrected chi connectivity index (χ4v) is 1.42. The first-order valence-electron chi connectivity index (χ1n) is 5.16. The van der Waals surface area contributed by atoms with E-state index >= 15 is 0 Å². The van der Waals surface area contributed by atoms with E-state index in [0.29, 0.717) is 11.0 Å². The van der Waals surface area contributed by atoms with Crippen molar-refractivity contribution in [2.45, 2.75) is 6.92 Å². The van der Waals surface area contributed by atoms with E-state index in [9.17, 15) is 4.79 Å². The molecule has 0 aliphatic carbocycles. The summed E-state index contributed by atoms with van der Waals surface area (Å²) in [6.07, 6.45) is 3.04. The predicted molar refractivity (Wildman–Crippen MR) is 67.4 cm³/mol. The van der Waals surface area contributed by atoms with E-state index in [0.717, 1.165) is 0 Å². The summed E-state index contributed by atoms with van der Waals surface area (Å²) in [5.74, 6) is 0.220. The maximum absolute atomic E-state index is 11.4. The van der Waals surface area contributed by atoms with Gasteiger partial charge in [0.25, 0.3) is 0 Å². The van der Waals surface area contributed by atoms with E-state index < -0.39 is 0 Å². The van der Waals surface area contributed by atoms with Crippen molar-refractivity contribution in [3.63, 3.8) is 0 Å². The molecule has 5 heteroatoms. The highest BCUT2D eigenvalue weighted by molar-refractivity contribution is 6.00. The van der Waals surface area contributed by atoms with Gasteiger partial charge in [0.15, 0.2) is 11.6 Å². The summed E-state index contributed by atoms with van der Waals surface area (Å²) in [5, 5.41) is 2.58. The summed E-state index contributed by atoms with van der Waals surface area (Å²) in [5.41, 5.74) is 7.11. The van der Waals surface area contributed by atoms with Gasteiger partial charge in [0.1, 0.15) is 0 Å². The molecule has 1 aromatic heterocycles. The number of hydrogen-bond donors (Lipinski definition) is 2. The van der Waals surface area contributed by atoms with Crippen LogP contribution in [-0.2, 0) is 4.79 Å². The number of nitrogens with zero attached hydrogens (tertiary/aromatic N) is 2. The summed E-state index contributed by atoms with van der Waals surface area (Å²) < 4.78 is 0. The maximum atomic E-state index is 11.4. The van der Waals surface area contributed by atoms with Crippen molar-refractivity contribution in [3.05, 3.63) is 36.4 Å². The fraction of sp³-hybridized carbons (Fsp3) is 0.0833. The van der Waals surface area contributed by atoms with Crippen LogP contribution in [0.2, 0.25) is 0 Å². The standard InChI is InChI=1S/C12H12N4O/c1-2-5-10(17)16-12-11(13)14-8-6-3-4-7-9(8)15-12/h2-7H,1H3,(H2,13,14)(H,15,16,17)/b5-2+. The van der Waals surface area contributed by atoms with Crippen LogP contribution < -0.4 is 11.1 Å². The van der Waals surface area contributed by atoms with Gasteiger partial charge in [-0.05, 0) is 25.1 Å². The van der Waals surface area contributed by atoms with Crippen molar-refractivity contribution >= 4 is 28.6 Å². The molecule has 0 spiro atoms. The van der Waals surface area contributed by atoms with Gasteiger partial charge in [-0.25, -0.2) is 9.97 Å². The molecule has 0 bridgehead atoms. The predicted octanol–water partition coefficient (Wildman–Crippen LogP) is 1.73. The maximum Gasteiger partial charge on any atom is 0.249 e. The van der Waals surface area contributed by atoms with Gasteiger partial charge in [-0.2, -0.15) is 0 Å². The van der Waals surface area contributed by atoms with Crippen molar-refractivity contribution in [2.24, 2.45) is 0 Å². The number of nitrogens with two attached hydrogens (primary N) is 1. The Balaban J connectivity index is 2.40. The molecule has 0 radical (unpaired) electrons. The van der Waals surface area contributed by atoms with Crippen LogP contribution >= 0.6 is 0 Å². The number of amides is 1. The van der Waals surface area contributed by atoms with Crippen molar-refractivity contribution < 1.29 is 4.79 Å². The van der Waals surface area contributed by atoms with E-state index in [-0.39, 0.29) is 17.5 Å². The number of fused-ring (bicyclic) bond motifs is 1. The zero-order chi connectivity index (χ0) is 12.3. The van der Waals surface area contributed by atoms with Crippen molar-refractivity contribution in [1.29, 1.82) is 0 Å². The molecule has 3 N–H and O–H groups in total. The van der Waals surface area contributed by atoms with Gasteiger partial charge in [0.2, 0.25) is 5.91 Å². The summed E-state index contributed by atoms with van der Waals surface area (Å²) in [7, 11) is 0. The highest BCUT2D eigenvalue weighted by atomic mass is 16.1. The number of aromatic nitrogens is 2. The fourth-order valence-electron chi connectivity index (χ4n) is 1.42. The van der Waals surface area contributed by atoms with Crippen LogP contribution in [0.15, 0.2) is 36.4 Å². The van der Waals surface area contributed by atoms with Crippen LogP contribution in [0.4, 0.5) is 11.6 Å². The number of carbonyl (C=O) groups excluding carboxylic acids is 1. The zero-order valence-corrected chi connectivity index (χ0v) is 9.34. The Morgan fingerprint density at radius 1 is 1.29 bits per heavy atom. The third-order valence-corrected chi connectivity index (χ3v) is 2.16. The summed E-state index contributed by atoms with van der Waals surface area (Å²) >= 11 is 0. The molecule has 1 heterocycles. The minimum Gasteiger partial charge on any atom is -0.381 e. The molecule has 0 fully saturated rings. The molecule has 0 atom stereocenters. The monoisotopic (exact) mass is 228 g/mol. The zero-order valence-electron chi connectivity index (χ0n) is 9.34. The molecular weight excluding hydrogens is 216 g/mol. The molecule has 86 valence electrons. The number of hydrogen-bond acceptors (Lipinski definition) is 4. The molecule has 2 aromatic rings. The molecule has 0 saturated heterocycles. The number of nitrogens with one attached hydrogen (secondary N) is 1. The number of carbonyl (C=O) groups is 1. The summed E-state index contributed by atoms with van der Waals surface area (Å²) in [4.78, 5) is 19.8. The Kier molecular flexibility index (Phi) is 3.00. The second-order valence-electron chi connectivity index (χ2n) is 3.44. The van der Waals surface area contributed by atoms with Crippen LogP contribution in [0.1, 0.15) is 6.92 Å². The Bertz CT molecular complexity index is 592. The van der Waals surface area contributed by atoms with Crippen LogP contribution in [0.5, 0.6) is 0 Å². The van der Waals surface area contributed by atoms with Gasteiger partial charge in [-0.3, -0.25) is 4.79 Å². The lowest BCUT2D eigenvalue weighted by atomic mass is 10.3. The Morgan fingerprint density at radius 3 is 2.59 bits per heavy atom. The van der Waals surface area contributed by atoms with Gasteiger partial charge < -0.3 is 11.1 Å². The molecule has 1 amide bonds. The Labute approximate surface area is 98.4 Å². The van der Waals surface area contributed by atoms with Crippen molar-refractivity contribution in [1.82, 2.24) is 9.97 Å². The molecular formula is C12H12N4O. The minimum atomic E-state index is -0.274. The second-order valence-corrected chi connectivity index (χ2v) is 3.44. The molecule has 0 unspecified atom stereocenters. The van der Waals surface area contributed by atoms with Gasteiger partial charge in [-0.1, -0.05) is 18.2 Å². The molecule has 0 aliphatic heterocycles. The first-order chi connectivity index (χ1) is 8.20. The smallest absolute Gasteiger partial charge is 0.249 e. The first-order valence-corrected chi connectivity index (χ1v) is 5.16. The molecule has 0 aliphatic rings. The van der Waals surface area contributed by atoms with Gasteiger partial charge in [0, 0.05) is 0 Å². The van der Waals surface area contributed by atoms with Crippen LogP contribution in [0.3, 0.4) is 0 Å². The van der Waals surface area contributed by atoms with Crippen LogP contribution in [-0.4, -0.2) is 15.9 Å². The van der Waals surface area contributed by atoms with Gasteiger partial charge in [-0.15, -0.1) is 0 Å². The molecule has 1 aromatic carbocycles. The Morgan fingerprint density at radius 2 is 1.94 bits per heavy atom. The highest BCUT2D eigenvalue weighted by Crippen LogP contribution is 2.18. The first kappa shape index (κ1) is 11.1. The number of anilines is 2. The van der Waals surface area contributed by atoms with Gasteiger partial charge >= 0.3 is 0 Å². The summed E-state index contributed by atoms with van der Waals surface area (Å²) in [6.45, 7) is 1.76. The third-order valence-electron chi connectivity index (χ3n) is 2.16. The topological polar surface area (TPSA) is 80.9 Å². The summed E-state index contributed by atoms with van der Waals surface area (Å²) in [6, 6.07) is 7.34. The quantitative estimate of drug-likeness (QED) is 0.767. The number of benzene rings is 1. The van der Waals surface area contributed by atoms with Crippen molar-refractivity contribution in [3.8, 4) is 0 Å². The second kappa shape index (κ2) is 4.61. The number of allylic oxidation sites excluding steroid dienone is 1. The highest BCUT2D eigenvalue weighted by Gasteiger charge is 2.07. The SMILES string of the molecule is C/C=C/C(=O)Nc1nc2ccccc2nc1N. The lowest BCUT2D eigenvalue weighted by Crippen LogP contribution is -2.12. The van der Waals surface area contributed by atoms with Crippen LogP contribution in [0.25, 0.3) is 11.0 Å². The van der Waals surface area contributed by atoms with Gasteiger partial charge in [0.05, 0.1) is 11.0 Å². The molecule has 0 saturated carbocycles. The largest absolute Gasteiger partial charge is 0.381 e. The molecule has 17 heavy (non-hydrogen) atoms. The normalized spacial score (nSPS) is 10.9. The molecule has 2 rings (SSSR count). The third kappa shape index (κ3) is 2.39. The molecule has 5 nitrogen and oxygen atoms in total. The number of para-hydroxylation sites is 2. The number of nitrogen functional groups attached to an aromatic ring is 1. The average molecular weight is 228 g/mol. The van der Waals surface area contributed by atoms with E-state index in [2.05, 4.69) is 15.3 Å². The Hall–Kier alpha value is -2.43. The lowest BCUT2D eigenvalue weighted by Gasteiger charge is -2.05. The van der Waals surface area contributed by atoms with Crippen LogP contribution in [0, 0.1) is 0 Å². The van der Waals surface area contributed by atoms with E-state index in [4.69, 9.17) is 5.73 Å². The number of rotatable bonds is 2. The minimum absolute atomic E-state index is 0.210.